The lowest BCUT2D eigenvalue weighted by Crippen LogP contribution is -2.44. The van der Waals surface area contributed by atoms with Crippen molar-refractivity contribution in [2.75, 3.05) is 36.8 Å². The van der Waals surface area contributed by atoms with Gasteiger partial charge in [0, 0.05) is 31.4 Å². The van der Waals surface area contributed by atoms with Gasteiger partial charge < -0.3 is 26.0 Å². The molecular weight excluding hydrogens is 440 g/mol. The molecule has 8 nitrogen and oxygen atoms in total. The number of hydrogen-bond acceptors (Lipinski definition) is 7. The third-order valence-electron chi connectivity index (χ3n) is 8.18. The lowest BCUT2D eigenvalue weighted by atomic mass is 9.90. The van der Waals surface area contributed by atoms with Crippen LogP contribution < -0.4 is 16.0 Å². The summed E-state index contributed by atoms with van der Waals surface area (Å²) in [6.45, 7) is 6.00. The predicted molar refractivity (Wildman–Crippen MR) is 141 cm³/mol. The number of nitrogens with zero attached hydrogens (tertiary/aromatic N) is 3. The average Bonchev–Trinajstić information content (AvgIpc) is 2.90. The van der Waals surface area contributed by atoms with E-state index in [1.54, 1.807) is 6.20 Å². The molecule has 8 heteroatoms. The second-order valence-electron chi connectivity index (χ2n) is 10.9. The van der Waals surface area contributed by atoms with Crippen LogP contribution in [0.25, 0.3) is 0 Å². The number of carbonyl (C=O) groups is 1. The van der Waals surface area contributed by atoms with Gasteiger partial charge in [0.2, 0.25) is 5.95 Å². The van der Waals surface area contributed by atoms with Gasteiger partial charge >= 0.3 is 0 Å². The van der Waals surface area contributed by atoms with E-state index in [1.807, 2.05) is 0 Å². The van der Waals surface area contributed by atoms with Crippen LogP contribution in [0.1, 0.15) is 101 Å². The van der Waals surface area contributed by atoms with Crippen LogP contribution in [0.2, 0.25) is 0 Å². The van der Waals surface area contributed by atoms with Crippen molar-refractivity contribution < 1.29 is 9.90 Å². The Morgan fingerprint density at radius 3 is 2.51 bits per heavy atom. The number of hydrogen-bond donors (Lipinski definition) is 4. The molecule has 196 valence electrons. The predicted octanol–water partition coefficient (Wildman–Crippen LogP) is 4.18. The molecule has 1 aromatic rings. The number of unbranched alkanes of at least 4 members (excludes halogenated alkanes) is 1. The molecule has 0 aromatic carbocycles. The van der Waals surface area contributed by atoms with Gasteiger partial charge in [-0.1, -0.05) is 32.6 Å². The maximum absolute atomic E-state index is 13.2. The third kappa shape index (κ3) is 7.78. The number of rotatable bonds is 10. The fourth-order valence-electron chi connectivity index (χ4n) is 5.83. The molecule has 3 aliphatic rings. The van der Waals surface area contributed by atoms with Crippen molar-refractivity contribution in [3.05, 3.63) is 11.8 Å². The summed E-state index contributed by atoms with van der Waals surface area (Å²) in [5.74, 6) is 1.59. The van der Waals surface area contributed by atoms with Gasteiger partial charge in [-0.25, -0.2) is 4.98 Å². The molecule has 0 atom stereocenters. The Labute approximate surface area is 211 Å². The maximum atomic E-state index is 13.2. The first-order chi connectivity index (χ1) is 17.1. The van der Waals surface area contributed by atoms with Crippen molar-refractivity contribution >= 4 is 17.7 Å². The molecule has 1 aromatic heterocycles. The van der Waals surface area contributed by atoms with Gasteiger partial charge in [-0.2, -0.15) is 4.98 Å². The van der Waals surface area contributed by atoms with Crippen molar-refractivity contribution in [2.24, 2.45) is 5.92 Å². The first-order valence-electron chi connectivity index (χ1n) is 14.2. The molecule has 1 amide bonds. The van der Waals surface area contributed by atoms with Gasteiger partial charge in [0.15, 0.2) is 0 Å². The van der Waals surface area contributed by atoms with Crippen molar-refractivity contribution in [2.45, 2.75) is 109 Å². The van der Waals surface area contributed by atoms with Crippen LogP contribution in [-0.4, -0.2) is 70.2 Å². The Bertz CT molecular complexity index is 784. The van der Waals surface area contributed by atoms with Crippen LogP contribution in [0.4, 0.5) is 11.8 Å². The second kappa shape index (κ2) is 13.4. The minimum Gasteiger partial charge on any atom is -0.393 e. The van der Waals surface area contributed by atoms with Crippen LogP contribution in [0.15, 0.2) is 6.20 Å². The number of aromatic nitrogens is 2. The van der Waals surface area contributed by atoms with Gasteiger partial charge in [0.25, 0.3) is 5.91 Å². The van der Waals surface area contributed by atoms with Gasteiger partial charge in [-0.05, 0) is 76.8 Å². The van der Waals surface area contributed by atoms with Crippen molar-refractivity contribution in [1.82, 2.24) is 20.2 Å². The van der Waals surface area contributed by atoms with Gasteiger partial charge in [0.05, 0.1) is 6.10 Å². The molecule has 2 saturated carbocycles. The molecule has 2 heterocycles. The maximum Gasteiger partial charge on any atom is 0.256 e. The number of likely N-dealkylation sites (tertiary alicyclic amines) is 1. The molecule has 2 aliphatic carbocycles. The third-order valence-corrected chi connectivity index (χ3v) is 8.18. The number of aliphatic hydroxyl groups excluding tert-OH is 1. The van der Waals surface area contributed by atoms with Crippen LogP contribution >= 0.6 is 0 Å². The van der Waals surface area contributed by atoms with E-state index in [-0.39, 0.29) is 18.1 Å². The zero-order valence-corrected chi connectivity index (χ0v) is 21.6. The molecule has 35 heavy (non-hydrogen) atoms. The summed E-state index contributed by atoms with van der Waals surface area (Å²) in [5, 5.41) is 19.8. The molecule has 4 rings (SSSR count). The summed E-state index contributed by atoms with van der Waals surface area (Å²) in [7, 11) is 0. The van der Waals surface area contributed by atoms with Gasteiger partial charge in [-0.15, -0.1) is 0 Å². The molecule has 4 N–H and O–H groups in total. The highest BCUT2D eigenvalue weighted by Crippen LogP contribution is 2.27. The van der Waals surface area contributed by atoms with E-state index in [0.29, 0.717) is 29.8 Å². The van der Waals surface area contributed by atoms with Crippen LogP contribution in [0.5, 0.6) is 0 Å². The van der Waals surface area contributed by atoms with Crippen molar-refractivity contribution in [3.8, 4) is 0 Å². The number of amides is 1. The summed E-state index contributed by atoms with van der Waals surface area (Å²) in [6, 6.07) is 1.00. The van der Waals surface area contributed by atoms with E-state index >= 15 is 0 Å². The normalized spacial score (nSPS) is 24.7. The average molecular weight is 487 g/mol. The van der Waals surface area contributed by atoms with Crippen LogP contribution in [-0.2, 0) is 0 Å². The molecule has 0 spiro atoms. The minimum atomic E-state index is -0.211. The highest BCUT2D eigenvalue weighted by atomic mass is 16.3. The van der Waals surface area contributed by atoms with E-state index in [1.165, 1.54) is 32.1 Å². The smallest absolute Gasteiger partial charge is 0.256 e. The Balaban J connectivity index is 1.32. The molecule has 1 saturated heterocycles. The summed E-state index contributed by atoms with van der Waals surface area (Å²) >= 11 is 0. The zero-order chi connectivity index (χ0) is 24.5. The first-order valence-corrected chi connectivity index (χ1v) is 14.2. The van der Waals surface area contributed by atoms with E-state index in [2.05, 4.69) is 37.7 Å². The zero-order valence-electron chi connectivity index (χ0n) is 21.6. The second-order valence-corrected chi connectivity index (χ2v) is 10.9. The minimum absolute atomic E-state index is 0.0989. The fourth-order valence-corrected chi connectivity index (χ4v) is 5.83. The Morgan fingerprint density at radius 1 is 1.06 bits per heavy atom. The summed E-state index contributed by atoms with van der Waals surface area (Å²) in [5.41, 5.74) is 0.511. The molecule has 1 aliphatic heterocycles. The van der Waals surface area contributed by atoms with E-state index in [0.717, 1.165) is 77.0 Å². The SMILES string of the molecule is CCCCNc1ncc(C(=O)NCC2CCN(C3CCCCC3)CC2)c(NC2CCC(O)CC2)n1. The Morgan fingerprint density at radius 2 is 1.80 bits per heavy atom. The van der Waals surface area contributed by atoms with E-state index in [9.17, 15) is 9.90 Å². The van der Waals surface area contributed by atoms with E-state index in [4.69, 9.17) is 0 Å². The standard InChI is InChI=1S/C27H46N6O2/c1-2-3-15-28-27-30-19-24(25(32-27)31-21-9-11-23(34)12-10-21)26(35)29-18-20-13-16-33(17-14-20)22-7-5-4-6-8-22/h19-23,34H,2-18H2,1H3,(H,29,35)(H2,28,30,31,32). The number of aliphatic hydroxyl groups is 1. The fraction of sp³-hybridized carbons (Fsp3) is 0.815. The number of nitrogens with one attached hydrogen (secondary N) is 3. The number of anilines is 2. The molecule has 3 fully saturated rings. The molecule has 0 unspecified atom stereocenters. The quantitative estimate of drug-likeness (QED) is 0.368. The van der Waals surface area contributed by atoms with Gasteiger partial charge in [-0.3, -0.25) is 4.79 Å². The number of piperidine rings is 1. The molecule has 0 radical (unpaired) electrons. The van der Waals surface area contributed by atoms with Crippen molar-refractivity contribution in [3.63, 3.8) is 0 Å². The Hall–Kier alpha value is -1.93. The summed E-state index contributed by atoms with van der Waals surface area (Å²) in [4.78, 5) is 25.0. The van der Waals surface area contributed by atoms with Crippen LogP contribution in [0.3, 0.4) is 0 Å². The molecular formula is C27H46N6O2. The van der Waals surface area contributed by atoms with Crippen molar-refractivity contribution in [1.29, 1.82) is 0 Å². The lowest BCUT2D eigenvalue weighted by molar-refractivity contribution is 0.0899. The monoisotopic (exact) mass is 486 g/mol. The lowest BCUT2D eigenvalue weighted by Gasteiger charge is -2.39. The highest BCUT2D eigenvalue weighted by Gasteiger charge is 2.27. The van der Waals surface area contributed by atoms with Gasteiger partial charge in [0.1, 0.15) is 11.4 Å². The van der Waals surface area contributed by atoms with Crippen LogP contribution in [0, 0.1) is 5.92 Å². The topological polar surface area (TPSA) is 102 Å². The number of carbonyl (C=O) groups excluding carboxylic acids is 1. The highest BCUT2D eigenvalue weighted by molar-refractivity contribution is 5.98. The first kappa shape index (κ1) is 26.1. The summed E-state index contributed by atoms with van der Waals surface area (Å²) < 4.78 is 0. The summed E-state index contributed by atoms with van der Waals surface area (Å²) in [6.07, 6.45) is 16.1. The Kier molecular flexibility index (Phi) is 10.0. The van der Waals surface area contributed by atoms with E-state index < -0.39 is 0 Å². The largest absolute Gasteiger partial charge is 0.393 e. The molecule has 0 bridgehead atoms.